The van der Waals surface area contributed by atoms with Crippen molar-refractivity contribution in [2.75, 3.05) is 11.9 Å². The highest BCUT2D eigenvalue weighted by molar-refractivity contribution is 6.44. The quantitative estimate of drug-likeness (QED) is 0.840. The minimum atomic E-state index is -0.504. The average Bonchev–Trinajstić information content (AvgIpc) is 2.50. The normalized spacial score (nSPS) is 10.1. The van der Waals surface area contributed by atoms with Gasteiger partial charge in [-0.25, -0.2) is 4.79 Å². The van der Waals surface area contributed by atoms with E-state index in [1.54, 1.807) is 49.4 Å². The van der Waals surface area contributed by atoms with Crippen LogP contribution in [0.3, 0.4) is 0 Å². The largest absolute Gasteiger partial charge is 0.462 e. The summed E-state index contributed by atoms with van der Waals surface area (Å²) < 4.78 is 4.96. The maximum Gasteiger partial charge on any atom is 0.340 e. The summed E-state index contributed by atoms with van der Waals surface area (Å²) in [4.78, 5) is 24.2. The Bertz CT molecular complexity index is 716. The molecule has 0 spiro atoms. The van der Waals surface area contributed by atoms with E-state index in [0.29, 0.717) is 5.69 Å². The summed E-state index contributed by atoms with van der Waals surface area (Å²) in [5.74, 6) is -0.958. The third-order valence-corrected chi connectivity index (χ3v) is 3.69. The molecule has 114 valence electrons. The van der Waals surface area contributed by atoms with Gasteiger partial charge in [0.05, 0.1) is 33.5 Å². The number of carbonyl (C=O) groups is 2. The molecule has 0 aliphatic rings. The number of amides is 1. The molecule has 0 aliphatic heterocycles. The fourth-order valence-corrected chi connectivity index (χ4v) is 2.23. The van der Waals surface area contributed by atoms with Crippen molar-refractivity contribution in [3.05, 3.63) is 63.6 Å². The van der Waals surface area contributed by atoms with Crippen molar-refractivity contribution in [1.82, 2.24) is 0 Å². The van der Waals surface area contributed by atoms with Gasteiger partial charge in [0.1, 0.15) is 0 Å². The molecular weight excluding hydrogens is 325 g/mol. The van der Waals surface area contributed by atoms with E-state index in [4.69, 9.17) is 27.9 Å². The Balaban J connectivity index is 2.29. The van der Waals surface area contributed by atoms with E-state index in [1.165, 1.54) is 0 Å². The van der Waals surface area contributed by atoms with Crippen LogP contribution in [-0.4, -0.2) is 18.5 Å². The Morgan fingerprint density at radius 3 is 2.45 bits per heavy atom. The first-order chi connectivity index (χ1) is 10.5. The molecule has 0 aliphatic carbocycles. The first-order valence-corrected chi connectivity index (χ1v) is 7.31. The minimum absolute atomic E-state index is 0.162. The summed E-state index contributed by atoms with van der Waals surface area (Å²) in [5.41, 5.74) is 0.852. The Labute approximate surface area is 138 Å². The molecular formula is C16H13Cl2NO3. The number of anilines is 1. The smallest absolute Gasteiger partial charge is 0.340 e. The minimum Gasteiger partial charge on any atom is -0.462 e. The molecule has 6 heteroatoms. The van der Waals surface area contributed by atoms with Crippen LogP contribution in [0, 0.1) is 0 Å². The molecule has 0 heterocycles. The zero-order chi connectivity index (χ0) is 16.1. The molecule has 0 bridgehead atoms. The Morgan fingerprint density at radius 1 is 1.05 bits per heavy atom. The lowest BCUT2D eigenvalue weighted by Crippen LogP contribution is -2.16. The van der Waals surface area contributed by atoms with Gasteiger partial charge < -0.3 is 10.1 Å². The van der Waals surface area contributed by atoms with Crippen LogP contribution >= 0.6 is 23.2 Å². The molecule has 0 saturated carbocycles. The van der Waals surface area contributed by atoms with Crippen LogP contribution in [0.1, 0.15) is 27.6 Å². The van der Waals surface area contributed by atoms with E-state index in [9.17, 15) is 9.59 Å². The number of hydrogen-bond acceptors (Lipinski definition) is 3. The topological polar surface area (TPSA) is 55.4 Å². The maximum atomic E-state index is 12.3. The molecule has 4 nitrogen and oxygen atoms in total. The number of halogens is 2. The first-order valence-electron chi connectivity index (χ1n) is 6.56. The van der Waals surface area contributed by atoms with E-state index < -0.39 is 11.9 Å². The number of nitrogens with one attached hydrogen (secondary N) is 1. The molecule has 2 aromatic rings. The Hall–Kier alpha value is -2.04. The van der Waals surface area contributed by atoms with Crippen molar-refractivity contribution in [2.24, 2.45) is 0 Å². The first kappa shape index (κ1) is 16.3. The van der Waals surface area contributed by atoms with Crippen LogP contribution in [-0.2, 0) is 4.74 Å². The highest BCUT2D eigenvalue weighted by atomic mass is 35.5. The Kier molecular flexibility index (Phi) is 5.41. The van der Waals surface area contributed by atoms with E-state index in [0.717, 1.165) is 0 Å². The lowest BCUT2D eigenvalue weighted by atomic mass is 10.1. The van der Waals surface area contributed by atoms with Crippen molar-refractivity contribution < 1.29 is 14.3 Å². The van der Waals surface area contributed by atoms with Crippen LogP contribution in [0.2, 0.25) is 10.0 Å². The lowest BCUT2D eigenvalue weighted by molar-refractivity contribution is 0.0527. The second-order valence-corrected chi connectivity index (χ2v) is 5.11. The highest BCUT2D eigenvalue weighted by Gasteiger charge is 2.17. The van der Waals surface area contributed by atoms with Crippen LogP contribution in [0.4, 0.5) is 5.69 Å². The van der Waals surface area contributed by atoms with Gasteiger partial charge in [-0.3, -0.25) is 4.79 Å². The molecule has 0 radical (unpaired) electrons. The lowest BCUT2D eigenvalue weighted by Gasteiger charge is -2.11. The molecule has 0 unspecified atom stereocenters. The van der Waals surface area contributed by atoms with E-state index in [1.807, 2.05) is 0 Å². The standard InChI is InChI=1S/C16H13Cl2NO3/c1-2-22-16(21)10-6-3-4-9-13(10)19-15(20)11-7-5-8-12(17)14(11)18/h3-9H,2H2,1H3,(H,19,20). The van der Waals surface area contributed by atoms with E-state index >= 15 is 0 Å². The van der Waals surface area contributed by atoms with Crippen molar-refractivity contribution in [1.29, 1.82) is 0 Å². The van der Waals surface area contributed by atoms with Crippen LogP contribution in [0.25, 0.3) is 0 Å². The van der Waals surface area contributed by atoms with E-state index in [-0.39, 0.29) is 27.8 Å². The van der Waals surface area contributed by atoms with E-state index in [2.05, 4.69) is 5.32 Å². The number of rotatable bonds is 4. The fourth-order valence-electron chi connectivity index (χ4n) is 1.85. The van der Waals surface area contributed by atoms with Crippen molar-refractivity contribution in [3.63, 3.8) is 0 Å². The molecule has 0 atom stereocenters. The zero-order valence-corrected chi connectivity index (χ0v) is 13.2. The van der Waals surface area contributed by atoms with Crippen LogP contribution < -0.4 is 5.32 Å². The van der Waals surface area contributed by atoms with Crippen LogP contribution in [0.15, 0.2) is 42.5 Å². The second kappa shape index (κ2) is 7.29. The monoisotopic (exact) mass is 337 g/mol. The summed E-state index contributed by atoms with van der Waals surface area (Å²) in [6, 6.07) is 11.4. The van der Waals surface area contributed by atoms with Gasteiger partial charge in [0.25, 0.3) is 5.91 Å². The van der Waals surface area contributed by atoms with Gasteiger partial charge in [0.2, 0.25) is 0 Å². The number of ether oxygens (including phenoxy) is 1. The van der Waals surface area contributed by atoms with Gasteiger partial charge in [-0.05, 0) is 31.2 Å². The zero-order valence-electron chi connectivity index (χ0n) is 11.7. The fraction of sp³-hybridized carbons (Fsp3) is 0.125. The summed E-state index contributed by atoms with van der Waals surface area (Å²) >= 11 is 11.9. The van der Waals surface area contributed by atoms with Gasteiger partial charge >= 0.3 is 5.97 Å². The summed E-state index contributed by atoms with van der Waals surface area (Å²) in [6.07, 6.45) is 0. The van der Waals surface area contributed by atoms with Gasteiger partial charge in [0, 0.05) is 0 Å². The molecule has 0 fully saturated rings. The number of esters is 1. The van der Waals surface area contributed by atoms with Gasteiger partial charge in [0.15, 0.2) is 0 Å². The van der Waals surface area contributed by atoms with Gasteiger partial charge in [-0.15, -0.1) is 0 Å². The summed E-state index contributed by atoms with van der Waals surface area (Å²) in [7, 11) is 0. The second-order valence-electron chi connectivity index (χ2n) is 4.32. The van der Waals surface area contributed by atoms with Crippen LogP contribution in [0.5, 0.6) is 0 Å². The van der Waals surface area contributed by atoms with Gasteiger partial charge in [-0.2, -0.15) is 0 Å². The molecule has 22 heavy (non-hydrogen) atoms. The number of carbonyl (C=O) groups excluding carboxylic acids is 2. The van der Waals surface area contributed by atoms with Crippen molar-refractivity contribution in [3.8, 4) is 0 Å². The SMILES string of the molecule is CCOC(=O)c1ccccc1NC(=O)c1cccc(Cl)c1Cl. The molecule has 1 amide bonds. The highest BCUT2D eigenvalue weighted by Crippen LogP contribution is 2.26. The predicted octanol–water partition coefficient (Wildman–Crippen LogP) is 4.42. The average molecular weight is 338 g/mol. The molecule has 2 aromatic carbocycles. The predicted molar refractivity (Wildman–Crippen MR) is 86.8 cm³/mol. The van der Waals surface area contributed by atoms with Crippen molar-refractivity contribution >= 4 is 40.8 Å². The molecule has 0 aromatic heterocycles. The third-order valence-electron chi connectivity index (χ3n) is 2.87. The number of hydrogen-bond donors (Lipinski definition) is 1. The summed E-state index contributed by atoms with van der Waals surface area (Å²) in [5, 5.41) is 3.10. The maximum absolute atomic E-state index is 12.3. The Morgan fingerprint density at radius 2 is 1.73 bits per heavy atom. The van der Waals surface area contributed by atoms with Gasteiger partial charge in [-0.1, -0.05) is 41.4 Å². The molecule has 1 N–H and O–H groups in total. The van der Waals surface area contributed by atoms with Crippen molar-refractivity contribution in [2.45, 2.75) is 6.92 Å². The molecule has 0 saturated heterocycles. The molecule has 2 rings (SSSR count). The number of para-hydroxylation sites is 1. The summed E-state index contributed by atoms with van der Waals surface area (Å²) in [6.45, 7) is 1.96. The number of benzene rings is 2. The third kappa shape index (κ3) is 3.59.